The lowest BCUT2D eigenvalue weighted by atomic mass is 9.83. The van der Waals surface area contributed by atoms with Crippen LogP contribution in [0.5, 0.6) is 0 Å². The maximum atomic E-state index is 12.8. The van der Waals surface area contributed by atoms with Crippen molar-refractivity contribution in [3.8, 4) is 0 Å². The molecule has 0 aromatic heterocycles. The van der Waals surface area contributed by atoms with E-state index >= 15 is 0 Å². The summed E-state index contributed by atoms with van der Waals surface area (Å²) in [6.07, 6.45) is -4.44. The second-order valence-corrected chi connectivity index (χ2v) is 5.78. The average Bonchev–Trinajstić information content (AvgIpc) is 2.49. The molecule has 130 valence electrons. The predicted octanol–water partition coefficient (Wildman–Crippen LogP) is 4.63. The van der Waals surface area contributed by atoms with Crippen molar-refractivity contribution in [2.75, 3.05) is 11.1 Å². The zero-order valence-corrected chi connectivity index (χ0v) is 14.0. The number of carbonyl (C=O) groups excluding carboxylic acids is 1. The van der Waals surface area contributed by atoms with Gasteiger partial charge in [-0.05, 0) is 49.7 Å². The highest BCUT2D eigenvalue weighted by Crippen LogP contribution is 2.33. The molecule has 0 bridgehead atoms. The van der Waals surface area contributed by atoms with E-state index in [9.17, 15) is 18.0 Å². The number of halogens is 4. The van der Waals surface area contributed by atoms with E-state index in [4.69, 9.17) is 5.73 Å². The van der Waals surface area contributed by atoms with E-state index < -0.39 is 23.1 Å². The van der Waals surface area contributed by atoms with Gasteiger partial charge in [-0.25, -0.2) is 0 Å². The molecule has 0 unspecified atom stereocenters. The van der Waals surface area contributed by atoms with Gasteiger partial charge in [-0.3, -0.25) is 4.79 Å². The smallest absolute Gasteiger partial charge is 0.399 e. The molecule has 0 radical (unpaired) electrons. The largest absolute Gasteiger partial charge is 0.416 e. The first-order valence-corrected chi connectivity index (χ1v) is 6.95. The van der Waals surface area contributed by atoms with Crippen molar-refractivity contribution in [1.29, 1.82) is 0 Å². The number of rotatable bonds is 3. The number of nitrogens with one attached hydrogen (secondary N) is 1. The van der Waals surface area contributed by atoms with Crippen LogP contribution in [0.15, 0.2) is 48.5 Å². The maximum absolute atomic E-state index is 12.8. The second-order valence-electron chi connectivity index (χ2n) is 5.78. The molecule has 0 atom stereocenters. The quantitative estimate of drug-likeness (QED) is 0.786. The van der Waals surface area contributed by atoms with Gasteiger partial charge in [0.05, 0.1) is 11.0 Å². The van der Waals surface area contributed by atoms with Gasteiger partial charge in [0.1, 0.15) is 0 Å². The predicted molar refractivity (Wildman–Crippen MR) is 91.2 cm³/mol. The van der Waals surface area contributed by atoms with E-state index in [1.807, 2.05) is 0 Å². The van der Waals surface area contributed by atoms with Crippen LogP contribution in [-0.2, 0) is 16.4 Å². The summed E-state index contributed by atoms with van der Waals surface area (Å²) < 4.78 is 38.5. The summed E-state index contributed by atoms with van der Waals surface area (Å²) >= 11 is 0. The lowest BCUT2D eigenvalue weighted by Crippen LogP contribution is -2.35. The van der Waals surface area contributed by atoms with Crippen LogP contribution in [0, 0.1) is 0 Å². The topological polar surface area (TPSA) is 55.1 Å². The van der Waals surface area contributed by atoms with Crippen LogP contribution in [0.2, 0.25) is 0 Å². The number of nitrogens with two attached hydrogens (primary N) is 1. The number of benzene rings is 2. The lowest BCUT2D eigenvalue weighted by Gasteiger charge is -2.25. The van der Waals surface area contributed by atoms with E-state index in [2.05, 4.69) is 5.32 Å². The number of alkyl halides is 3. The minimum absolute atomic E-state index is 0. The molecule has 2 aromatic carbocycles. The fourth-order valence-electron chi connectivity index (χ4n) is 2.07. The minimum Gasteiger partial charge on any atom is -0.399 e. The normalized spacial score (nSPS) is 11.5. The molecule has 0 heterocycles. The third-order valence-corrected chi connectivity index (χ3v) is 3.65. The molecule has 1 amide bonds. The van der Waals surface area contributed by atoms with Gasteiger partial charge in [-0.15, -0.1) is 12.4 Å². The zero-order chi connectivity index (χ0) is 17.3. The Balaban J connectivity index is 0.00000288. The molecule has 7 heteroatoms. The summed E-state index contributed by atoms with van der Waals surface area (Å²) in [6, 6.07) is 11.3. The number of hydrogen-bond acceptors (Lipinski definition) is 2. The molecule has 3 N–H and O–H groups in total. The molecule has 0 aliphatic rings. The van der Waals surface area contributed by atoms with Crippen LogP contribution in [0.3, 0.4) is 0 Å². The maximum Gasteiger partial charge on any atom is 0.416 e. The molecule has 0 saturated heterocycles. The Hall–Kier alpha value is -2.21. The van der Waals surface area contributed by atoms with Gasteiger partial charge in [-0.2, -0.15) is 13.2 Å². The molecule has 0 fully saturated rings. The summed E-state index contributed by atoms with van der Waals surface area (Å²) in [5, 5.41) is 2.69. The van der Waals surface area contributed by atoms with Crippen molar-refractivity contribution in [2.24, 2.45) is 0 Å². The first kappa shape index (κ1) is 19.8. The molecule has 24 heavy (non-hydrogen) atoms. The number of amides is 1. The van der Waals surface area contributed by atoms with Crippen molar-refractivity contribution in [3.05, 3.63) is 59.7 Å². The molecule has 0 saturated carbocycles. The van der Waals surface area contributed by atoms with Crippen molar-refractivity contribution >= 4 is 29.7 Å². The molecular weight excluding hydrogens is 341 g/mol. The SMILES string of the molecule is CC(C)(C(=O)Nc1ccc(N)cc1)c1cccc(C(F)(F)F)c1.Cl. The summed E-state index contributed by atoms with van der Waals surface area (Å²) in [6.45, 7) is 3.16. The van der Waals surface area contributed by atoms with Crippen LogP contribution < -0.4 is 11.1 Å². The molecule has 0 aliphatic carbocycles. The van der Waals surface area contributed by atoms with Gasteiger partial charge in [-0.1, -0.05) is 18.2 Å². The van der Waals surface area contributed by atoms with Gasteiger partial charge in [0.15, 0.2) is 0 Å². The highest BCUT2D eigenvalue weighted by atomic mass is 35.5. The van der Waals surface area contributed by atoms with Crippen LogP contribution in [0.1, 0.15) is 25.0 Å². The van der Waals surface area contributed by atoms with Gasteiger partial charge in [0, 0.05) is 11.4 Å². The van der Waals surface area contributed by atoms with Crippen LogP contribution in [0.4, 0.5) is 24.5 Å². The van der Waals surface area contributed by atoms with E-state index in [1.165, 1.54) is 12.1 Å². The number of anilines is 2. The fraction of sp³-hybridized carbons (Fsp3) is 0.235. The van der Waals surface area contributed by atoms with Crippen LogP contribution >= 0.6 is 12.4 Å². The van der Waals surface area contributed by atoms with Gasteiger partial charge in [0.25, 0.3) is 0 Å². The van der Waals surface area contributed by atoms with Crippen molar-refractivity contribution in [1.82, 2.24) is 0 Å². The summed E-state index contributed by atoms with van der Waals surface area (Å²) in [7, 11) is 0. The standard InChI is InChI=1S/C17H17F3N2O.ClH/c1-16(2,11-4-3-5-12(10-11)17(18,19)20)15(23)22-14-8-6-13(21)7-9-14;/h3-10H,21H2,1-2H3,(H,22,23);1H. The Morgan fingerprint density at radius 2 is 1.54 bits per heavy atom. The zero-order valence-electron chi connectivity index (χ0n) is 13.1. The highest BCUT2D eigenvalue weighted by molar-refractivity contribution is 5.98. The molecule has 2 rings (SSSR count). The average molecular weight is 359 g/mol. The Labute approximate surface area is 144 Å². The van der Waals surface area contributed by atoms with Gasteiger partial charge in [0.2, 0.25) is 5.91 Å². The Bertz CT molecular complexity index is 713. The first-order valence-electron chi connectivity index (χ1n) is 6.95. The molecule has 2 aromatic rings. The molecule has 0 spiro atoms. The minimum atomic E-state index is -4.44. The molecular formula is C17H18ClF3N2O. The van der Waals surface area contributed by atoms with E-state index in [0.717, 1.165) is 12.1 Å². The van der Waals surface area contributed by atoms with E-state index in [0.29, 0.717) is 16.9 Å². The van der Waals surface area contributed by atoms with Crippen molar-refractivity contribution in [2.45, 2.75) is 25.4 Å². The van der Waals surface area contributed by atoms with E-state index in [1.54, 1.807) is 38.1 Å². The van der Waals surface area contributed by atoms with Gasteiger partial charge >= 0.3 is 6.18 Å². The Morgan fingerprint density at radius 1 is 1.00 bits per heavy atom. The summed E-state index contributed by atoms with van der Waals surface area (Å²) in [5.41, 5.74) is 5.05. The Morgan fingerprint density at radius 3 is 2.08 bits per heavy atom. The summed E-state index contributed by atoms with van der Waals surface area (Å²) in [4.78, 5) is 12.5. The first-order chi connectivity index (χ1) is 10.6. The van der Waals surface area contributed by atoms with Crippen LogP contribution in [0.25, 0.3) is 0 Å². The third-order valence-electron chi connectivity index (χ3n) is 3.65. The number of carbonyl (C=O) groups is 1. The highest BCUT2D eigenvalue weighted by Gasteiger charge is 2.34. The van der Waals surface area contributed by atoms with Crippen molar-refractivity contribution < 1.29 is 18.0 Å². The fourth-order valence-corrected chi connectivity index (χ4v) is 2.07. The van der Waals surface area contributed by atoms with Crippen molar-refractivity contribution in [3.63, 3.8) is 0 Å². The second kappa shape index (κ2) is 7.13. The number of nitrogen functional groups attached to an aromatic ring is 1. The Kier molecular flexibility index (Phi) is 5.89. The lowest BCUT2D eigenvalue weighted by molar-refractivity contribution is -0.137. The summed E-state index contributed by atoms with van der Waals surface area (Å²) in [5.74, 6) is -0.401. The van der Waals surface area contributed by atoms with Gasteiger partial charge < -0.3 is 11.1 Å². The number of hydrogen-bond donors (Lipinski definition) is 2. The van der Waals surface area contributed by atoms with Crippen LogP contribution in [-0.4, -0.2) is 5.91 Å². The third kappa shape index (κ3) is 4.41. The monoisotopic (exact) mass is 358 g/mol. The molecule has 3 nitrogen and oxygen atoms in total. The van der Waals surface area contributed by atoms with E-state index in [-0.39, 0.29) is 12.4 Å². The molecule has 0 aliphatic heterocycles.